The van der Waals surface area contributed by atoms with Gasteiger partial charge in [0, 0.05) is 36.3 Å². The Balaban J connectivity index is 2.06. The summed E-state index contributed by atoms with van der Waals surface area (Å²) in [5, 5.41) is 14.8. The summed E-state index contributed by atoms with van der Waals surface area (Å²) >= 11 is 6.27. The van der Waals surface area contributed by atoms with Crippen LogP contribution in [0.4, 0.5) is 5.69 Å². The van der Waals surface area contributed by atoms with Gasteiger partial charge in [-0.25, -0.2) is 8.42 Å². The minimum absolute atomic E-state index is 0.0891. The van der Waals surface area contributed by atoms with Crippen LogP contribution in [-0.4, -0.2) is 37.3 Å². The Morgan fingerprint density at radius 1 is 1.27 bits per heavy atom. The summed E-state index contributed by atoms with van der Waals surface area (Å²) in [5.74, 6) is 0. The predicted octanol–water partition coefficient (Wildman–Crippen LogP) is 2.89. The molecule has 1 fully saturated rings. The summed E-state index contributed by atoms with van der Waals surface area (Å²) in [6, 6.07) is 10.6. The highest BCUT2D eigenvalue weighted by Crippen LogP contribution is 2.33. The van der Waals surface area contributed by atoms with Crippen LogP contribution in [0.1, 0.15) is 17.2 Å². The SMILES string of the molecule is Cc1ccc(S(=O)(=O)N2CCNCC2c2ccccc2Cl)cc1[N+](=O)[O-]. The number of benzene rings is 2. The lowest BCUT2D eigenvalue weighted by molar-refractivity contribution is -0.385. The molecule has 2 aromatic carbocycles. The first-order valence-corrected chi connectivity index (χ1v) is 9.86. The molecule has 26 heavy (non-hydrogen) atoms. The lowest BCUT2D eigenvalue weighted by Crippen LogP contribution is -2.48. The zero-order valence-electron chi connectivity index (χ0n) is 14.1. The summed E-state index contributed by atoms with van der Waals surface area (Å²) in [7, 11) is -3.92. The molecule has 0 aliphatic carbocycles. The van der Waals surface area contributed by atoms with Crippen molar-refractivity contribution in [3.05, 3.63) is 68.7 Å². The zero-order valence-corrected chi connectivity index (χ0v) is 15.6. The molecule has 0 radical (unpaired) electrons. The van der Waals surface area contributed by atoms with Crippen LogP contribution in [0.2, 0.25) is 5.02 Å². The van der Waals surface area contributed by atoms with Gasteiger partial charge in [-0.05, 0) is 24.6 Å². The Hall–Kier alpha value is -2.00. The van der Waals surface area contributed by atoms with E-state index in [-0.39, 0.29) is 17.1 Å². The number of hydrogen-bond acceptors (Lipinski definition) is 5. The van der Waals surface area contributed by atoms with E-state index in [2.05, 4.69) is 5.32 Å². The van der Waals surface area contributed by atoms with Crippen molar-refractivity contribution in [2.45, 2.75) is 17.9 Å². The number of piperazine rings is 1. The molecule has 0 aromatic heterocycles. The Morgan fingerprint density at radius 2 is 2.00 bits per heavy atom. The molecule has 1 N–H and O–H groups in total. The van der Waals surface area contributed by atoms with Gasteiger partial charge in [0.15, 0.2) is 0 Å². The third-order valence-corrected chi connectivity index (χ3v) is 6.69. The maximum atomic E-state index is 13.2. The van der Waals surface area contributed by atoms with E-state index < -0.39 is 21.0 Å². The van der Waals surface area contributed by atoms with E-state index in [0.717, 1.165) is 6.07 Å². The van der Waals surface area contributed by atoms with Crippen molar-refractivity contribution in [1.29, 1.82) is 0 Å². The highest BCUT2D eigenvalue weighted by molar-refractivity contribution is 7.89. The number of nitrogens with one attached hydrogen (secondary N) is 1. The number of nitro groups is 1. The van der Waals surface area contributed by atoms with Crippen LogP contribution in [0.15, 0.2) is 47.4 Å². The van der Waals surface area contributed by atoms with Crippen molar-refractivity contribution in [3.63, 3.8) is 0 Å². The Kier molecular flexibility index (Phi) is 5.29. The van der Waals surface area contributed by atoms with Crippen LogP contribution in [-0.2, 0) is 10.0 Å². The van der Waals surface area contributed by atoms with Gasteiger partial charge in [0.05, 0.1) is 15.9 Å². The Bertz CT molecular complexity index is 949. The number of halogens is 1. The first kappa shape index (κ1) is 18.8. The molecule has 7 nitrogen and oxygen atoms in total. The van der Waals surface area contributed by atoms with Crippen LogP contribution in [0.3, 0.4) is 0 Å². The van der Waals surface area contributed by atoms with Crippen LogP contribution >= 0.6 is 11.6 Å². The molecule has 1 heterocycles. The summed E-state index contributed by atoms with van der Waals surface area (Å²) < 4.78 is 27.8. The fraction of sp³-hybridized carbons (Fsp3) is 0.294. The van der Waals surface area contributed by atoms with Crippen molar-refractivity contribution < 1.29 is 13.3 Å². The molecule has 0 saturated carbocycles. The normalized spacial score (nSPS) is 18.6. The van der Waals surface area contributed by atoms with E-state index in [0.29, 0.717) is 29.2 Å². The van der Waals surface area contributed by atoms with Crippen LogP contribution < -0.4 is 5.32 Å². The number of hydrogen-bond donors (Lipinski definition) is 1. The fourth-order valence-corrected chi connectivity index (χ4v) is 4.95. The maximum absolute atomic E-state index is 13.2. The van der Waals surface area contributed by atoms with E-state index in [1.165, 1.54) is 16.4 Å². The molecule has 0 spiro atoms. The summed E-state index contributed by atoms with van der Waals surface area (Å²) in [6.07, 6.45) is 0. The number of sulfonamides is 1. The fourth-order valence-electron chi connectivity index (χ4n) is 3.07. The molecule has 0 bridgehead atoms. The predicted molar refractivity (Wildman–Crippen MR) is 98.8 cm³/mol. The second-order valence-electron chi connectivity index (χ2n) is 6.06. The first-order valence-electron chi connectivity index (χ1n) is 8.04. The summed E-state index contributed by atoms with van der Waals surface area (Å²) in [6.45, 7) is 2.73. The van der Waals surface area contributed by atoms with E-state index >= 15 is 0 Å². The smallest absolute Gasteiger partial charge is 0.273 e. The zero-order chi connectivity index (χ0) is 18.9. The van der Waals surface area contributed by atoms with Gasteiger partial charge in [0.1, 0.15) is 0 Å². The summed E-state index contributed by atoms with van der Waals surface area (Å²) in [4.78, 5) is 10.5. The van der Waals surface area contributed by atoms with E-state index in [1.54, 1.807) is 31.2 Å². The second-order valence-corrected chi connectivity index (χ2v) is 8.36. The van der Waals surface area contributed by atoms with Gasteiger partial charge in [-0.2, -0.15) is 4.31 Å². The average molecular weight is 396 g/mol. The molecule has 1 aliphatic heterocycles. The van der Waals surface area contributed by atoms with Crippen molar-refractivity contribution in [2.75, 3.05) is 19.6 Å². The second kappa shape index (κ2) is 7.32. The molecular formula is C17H18ClN3O4S. The largest absolute Gasteiger partial charge is 0.313 e. The maximum Gasteiger partial charge on any atom is 0.273 e. The van der Waals surface area contributed by atoms with E-state index in [9.17, 15) is 18.5 Å². The molecule has 138 valence electrons. The molecule has 1 aliphatic rings. The lowest BCUT2D eigenvalue weighted by atomic mass is 10.1. The topological polar surface area (TPSA) is 92.6 Å². The Labute approximate surface area is 156 Å². The third kappa shape index (κ3) is 3.45. The van der Waals surface area contributed by atoms with Crippen molar-refractivity contribution in [1.82, 2.24) is 9.62 Å². The van der Waals surface area contributed by atoms with Crippen molar-refractivity contribution >= 4 is 27.3 Å². The van der Waals surface area contributed by atoms with Crippen molar-refractivity contribution in [3.8, 4) is 0 Å². The molecule has 1 atom stereocenters. The Morgan fingerprint density at radius 3 is 2.69 bits per heavy atom. The van der Waals surface area contributed by atoms with Gasteiger partial charge in [-0.15, -0.1) is 0 Å². The number of aryl methyl sites for hydroxylation is 1. The third-order valence-electron chi connectivity index (χ3n) is 4.44. The van der Waals surface area contributed by atoms with Gasteiger partial charge in [-0.1, -0.05) is 35.9 Å². The first-order chi connectivity index (χ1) is 12.3. The molecule has 3 rings (SSSR count). The minimum atomic E-state index is -3.92. The molecule has 1 saturated heterocycles. The molecule has 0 amide bonds. The number of rotatable bonds is 4. The van der Waals surface area contributed by atoms with Gasteiger partial charge in [-0.3, -0.25) is 10.1 Å². The average Bonchev–Trinajstić information content (AvgIpc) is 2.62. The van der Waals surface area contributed by atoms with Gasteiger partial charge < -0.3 is 5.32 Å². The standard InChI is InChI=1S/C17H18ClN3O4S/c1-12-6-7-13(10-16(12)21(22)23)26(24,25)20-9-8-19-11-17(20)14-4-2-3-5-15(14)18/h2-7,10,17,19H,8-9,11H2,1H3. The molecule has 2 aromatic rings. The van der Waals surface area contributed by atoms with Crippen LogP contribution in [0.25, 0.3) is 0 Å². The van der Waals surface area contributed by atoms with Gasteiger partial charge in [0.2, 0.25) is 10.0 Å². The van der Waals surface area contributed by atoms with Gasteiger partial charge in [0.25, 0.3) is 5.69 Å². The van der Waals surface area contributed by atoms with Crippen LogP contribution in [0, 0.1) is 17.0 Å². The van der Waals surface area contributed by atoms with Crippen LogP contribution in [0.5, 0.6) is 0 Å². The van der Waals surface area contributed by atoms with Crippen molar-refractivity contribution in [2.24, 2.45) is 0 Å². The van der Waals surface area contributed by atoms with Gasteiger partial charge >= 0.3 is 0 Å². The number of nitrogens with zero attached hydrogens (tertiary/aromatic N) is 2. The highest BCUT2D eigenvalue weighted by Gasteiger charge is 2.36. The molecular weight excluding hydrogens is 378 g/mol. The van der Waals surface area contributed by atoms with E-state index in [4.69, 9.17) is 11.6 Å². The minimum Gasteiger partial charge on any atom is -0.313 e. The molecule has 9 heteroatoms. The monoisotopic (exact) mass is 395 g/mol. The summed E-state index contributed by atoms with van der Waals surface area (Å²) in [5.41, 5.74) is 0.902. The lowest BCUT2D eigenvalue weighted by Gasteiger charge is -2.35. The molecule has 1 unspecified atom stereocenters. The van der Waals surface area contributed by atoms with E-state index in [1.807, 2.05) is 0 Å². The highest BCUT2D eigenvalue weighted by atomic mass is 35.5. The number of nitro benzene ring substituents is 1. The quantitative estimate of drug-likeness (QED) is 0.634.